The van der Waals surface area contributed by atoms with Gasteiger partial charge in [-0.2, -0.15) is 0 Å². The lowest BCUT2D eigenvalue weighted by Crippen LogP contribution is -2.22. The van der Waals surface area contributed by atoms with Crippen molar-refractivity contribution in [3.63, 3.8) is 0 Å². The first-order chi connectivity index (χ1) is 16.3. The van der Waals surface area contributed by atoms with Crippen LogP contribution in [0.5, 0.6) is 0 Å². The number of nitrogens with zero attached hydrogens (tertiary/aromatic N) is 1. The molecule has 3 heteroatoms. The Labute approximate surface area is 196 Å². The Bertz CT molecular complexity index is 1760. The second kappa shape index (κ2) is 7.09. The fourth-order valence-corrected chi connectivity index (χ4v) is 6.40. The van der Waals surface area contributed by atoms with Crippen LogP contribution in [0.1, 0.15) is 13.1 Å². The summed E-state index contributed by atoms with van der Waals surface area (Å²) in [7, 11) is 0. The zero-order valence-electron chi connectivity index (χ0n) is 18.2. The Hall–Kier alpha value is -3.82. The molecular formula is C30H22N2S. The number of fused-ring (bicyclic) bond motifs is 6. The lowest BCUT2D eigenvalue weighted by atomic mass is 10.0. The first-order valence-electron chi connectivity index (χ1n) is 11.3. The molecule has 0 saturated carbocycles. The topological polar surface area (TPSA) is 17.0 Å². The standard InChI is InChI=1S/C30H22N2S/c1-19-13-16-29(31-18-19)32-26-11-4-2-7-22(26)23-15-14-20(17-27(23)32)21-9-6-10-25-24-8-3-5-12-28(24)33-30(21)25/h2-18,29,31H,1H3. The normalized spacial score (nSPS) is 16.0. The van der Waals surface area contributed by atoms with E-state index in [-0.39, 0.29) is 6.17 Å². The largest absolute Gasteiger partial charge is 0.367 e. The highest BCUT2D eigenvalue weighted by molar-refractivity contribution is 7.26. The van der Waals surface area contributed by atoms with Crippen LogP contribution in [-0.2, 0) is 0 Å². The molecule has 0 saturated heterocycles. The highest BCUT2D eigenvalue weighted by Crippen LogP contribution is 2.41. The zero-order chi connectivity index (χ0) is 21.9. The SMILES string of the molecule is CC1=CNC(n2c3ccccc3c3ccc(-c4cccc5c4sc4ccccc45)cc32)C=C1. The molecule has 0 aliphatic carbocycles. The van der Waals surface area contributed by atoms with Crippen LogP contribution in [0.4, 0.5) is 0 Å². The number of aromatic nitrogens is 1. The molecule has 2 aromatic heterocycles. The molecule has 1 unspecified atom stereocenters. The summed E-state index contributed by atoms with van der Waals surface area (Å²) in [6.45, 7) is 2.12. The van der Waals surface area contributed by atoms with Crippen molar-refractivity contribution in [2.24, 2.45) is 0 Å². The molecule has 1 N–H and O–H groups in total. The molecule has 0 bridgehead atoms. The molecule has 0 spiro atoms. The minimum atomic E-state index is 0.0893. The monoisotopic (exact) mass is 442 g/mol. The summed E-state index contributed by atoms with van der Waals surface area (Å²) in [6.07, 6.45) is 6.64. The third-order valence-electron chi connectivity index (χ3n) is 6.73. The summed E-state index contributed by atoms with van der Waals surface area (Å²) >= 11 is 1.89. The average molecular weight is 443 g/mol. The van der Waals surface area contributed by atoms with Crippen LogP contribution in [-0.4, -0.2) is 4.57 Å². The van der Waals surface area contributed by atoms with E-state index in [1.165, 1.54) is 58.7 Å². The van der Waals surface area contributed by atoms with Gasteiger partial charge in [0.15, 0.2) is 0 Å². The fourth-order valence-electron chi connectivity index (χ4n) is 5.17. The summed E-state index contributed by atoms with van der Waals surface area (Å²) in [6, 6.07) is 31.1. The van der Waals surface area contributed by atoms with Gasteiger partial charge in [0.05, 0.1) is 11.0 Å². The van der Waals surface area contributed by atoms with Crippen LogP contribution < -0.4 is 5.32 Å². The van der Waals surface area contributed by atoms with E-state index in [2.05, 4.69) is 120 Å². The third-order valence-corrected chi connectivity index (χ3v) is 7.95. The van der Waals surface area contributed by atoms with E-state index >= 15 is 0 Å². The summed E-state index contributed by atoms with van der Waals surface area (Å²) < 4.78 is 5.13. The minimum Gasteiger partial charge on any atom is -0.367 e. The molecule has 0 radical (unpaired) electrons. The Morgan fingerprint density at radius 1 is 0.758 bits per heavy atom. The van der Waals surface area contributed by atoms with Crippen LogP contribution in [0, 0.1) is 0 Å². The van der Waals surface area contributed by atoms with Gasteiger partial charge in [0.25, 0.3) is 0 Å². The summed E-state index contributed by atoms with van der Waals surface area (Å²) in [4.78, 5) is 0. The van der Waals surface area contributed by atoms with Crippen LogP contribution >= 0.6 is 11.3 Å². The van der Waals surface area contributed by atoms with Crippen molar-refractivity contribution in [2.45, 2.75) is 13.1 Å². The Balaban J connectivity index is 1.50. The molecule has 1 aliphatic rings. The first kappa shape index (κ1) is 18.7. The molecule has 1 aliphatic heterocycles. The van der Waals surface area contributed by atoms with E-state index in [0.717, 1.165) is 0 Å². The van der Waals surface area contributed by atoms with Crippen LogP contribution in [0.3, 0.4) is 0 Å². The number of allylic oxidation sites excluding steroid dienone is 2. The van der Waals surface area contributed by atoms with Crippen molar-refractivity contribution < 1.29 is 0 Å². The van der Waals surface area contributed by atoms with Gasteiger partial charge in [-0.15, -0.1) is 11.3 Å². The maximum absolute atomic E-state index is 3.58. The molecule has 2 nitrogen and oxygen atoms in total. The molecule has 4 aromatic carbocycles. The molecule has 6 aromatic rings. The van der Waals surface area contributed by atoms with Crippen LogP contribution in [0.2, 0.25) is 0 Å². The van der Waals surface area contributed by atoms with E-state index in [0.29, 0.717) is 0 Å². The van der Waals surface area contributed by atoms with Crippen molar-refractivity contribution in [1.29, 1.82) is 0 Å². The van der Waals surface area contributed by atoms with Crippen molar-refractivity contribution >= 4 is 53.3 Å². The third kappa shape index (κ3) is 2.79. The molecule has 7 rings (SSSR count). The Kier molecular flexibility index (Phi) is 4.02. The molecule has 0 fully saturated rings. The average Bonchev–Trinajstić information content (AvgIpc) is 3.40. The molecule has 158 valence electrons. The van der Waals surface area contributed by atoms with Crippen molar-refractivity contribution in [3.05, 3.63) is 109 Å². The van der Waals surface area contributed by atoms with Gasteiger partial charge in [-0.05, 0) is 47.9 Å². The molecular weight excluding hydrogens is 420 g/mol. The maximum Gasteiger partial charge on any atom is 0.123 e. The van der Waals surface area contributed by atoms with Gasteiger partial charge in [-0.25, -0.2) is 0 Å². The van der Waals surface area contributed by atoms with Crippen molar-refractivity contribution in [1.82, 2.24) is 9.88 Å². The van der Waals surface area contributed by atoms with E-state index in [9.17, 15) is 0 Å². The predicted molar refractivity (Wildman–Crippen MR) is 143 cm³/mol. The highest BCUT2D eigenvalue weighted by Gasteiger charge is 2.18. The zero-order valence-corrected chi connectivity index (χ0v) is 19.1. The van der Waals surface area contributed by atoms with Crippen molar-refractivity contribution in [2.75, 3.05) is 0 Å². The number of hydrogen-bond acceptors (Lipinski definition) is 2. The number of rotatable bonds is 2. The number of nitrogens with one attached hydrogen (secondary N) is 1. The summed E-state index contributed by atoms with van der Waals surface area (Å²) in [5.41, 5.74) is 6.30. The number of thiophene rings is 1. The number of hydrogen-bond donors (Lipinski definition) is 1. The molecule has 33 heavy (non-hydrogen) atoms. The van der Waals surface area contributed by atoms with Gasteiger partial charge in [-0.3, -0.25) is 0 Å². The van der Waals surface area contributed by atoms with Crippen molar-refractivity contribution in [3.8, 4) is 11.1 Å². The second-order valence-corrected chi connectivity index (χ2v) is 9.81. The van der Waals surface area contributed by atoms with E-state index in [1.807, 2.05) is 11.3 Å². The Morgan fingerprint density at radius 3 is 2.42 bits per heavy atom. The highest BCUT2D eigenvalue weighted by atomic mass is 32.1. The Morgan fingerprint density at radius 2 is 1.55 bits per heavy atom. The van der Waals surface area contributed by atoms with E-state index in [1.54, 1.807) is 0 Å². The van der Waals surface area contributed by atoms with Gasteiger partial charge < -0.3 is 9.88 Å². The maximum atomic E-state index is 3.58. The molecule has 0 amide bonds. The fraction of sp³-hybridized carbons (Fsp3) is 0.0667. The summed E-state index contributed by atoms with van der Waals surface area (Å²) in [5, 5.41) is 8.84. The number of para-hydroxylation sites is 1. The van der Waals surface area contributed by atoms with Gasteiger partial charge in [0.2, 0.25) is 0 Å². The molecule has 1 atom stereocenters. The van der Waals surface area contributed by atoms with E-state index in [4.69, 9.17) is 0 Å². The molecule has 3 heterocycles. The van der Waals surface area contributed by atoms with Gasteiger partial charge in [0, 0.05) is 37.1 Å². The number of dihydropyridines is 1. The van der Waals surface area contributed by atoms with Crippen LogP contribution in [0.15, 0.2) is 109 Å². The van der Waals surface area contributed by atoms with Crippen LogP contribution in [0.25, 0.3) is 53.1 Å². The second-order valence-electron chi connectivity index (χ2n) is 8.76. The lowest BCUT2D eigenvalue weighted by molar-refractivity contribution is 0.574. The smallest absolute Gasteiger partial charge is 0.123 e. The quantitative estimate of drug-likeness (QED) is 0.285. The summed E-state index contributed by atoms with van der Waals surface area (Å²) in [5.74, 6) is 0. The minimum absolute atomic E-state index is 0.0893. The lowest BCUT2D eigenvalue weighted by Gasteiger charge is -2.22. The van der Waals surface area contributed by atoms with Gasteiger partial charge >= 0.3 is 0 Å². The predicted octanol–water partition coefficient (Wildman–Crippen LogP) is 8.39. The number of benzene rings is 4. The van der Waals surface area contributed by atoms with Gasteiger partial charge in [-0.1, -0.05) is 72.8 Å². The first-order valence-corrected chi connectivity index (χ1v) is 12.1. The van der Waals surface area contributed by atoms with E-state index < -0.39 is 0 Å². The van der Waals surface area contributed by atoms with Gasteiger partial charge in [0.1, 0.15) is 6.17 Å².